The Morgan fingerprint density at radius 2 is 2.04 bits per heavy atom. The number of hydrogen-bond acceptors (Lipinski definition) is 7. The van der Waals surface area contributed by atoms with E-state index in [1.807, 2.05) is 54.9 Å². The van der Waals surface area contributed by atoms with Crippen LogP contribution in [0.15, 0.2) is 49.1 Å². The van der Waals surface area contributed by atoms with Crippen LogP contribution in [0.3, 0.4) is 0 Å². The van der Waals surface area contributed by atoms with E-state index >= 15 is 0 Å². The minimum Gasteiger partial charge on any atom is -0.471 e. The standard InChI is InChI=1S/C20H21N7O/c1-13-7-17(21)25-14(2)16(13)9-22-18-8-20(24-12-23-18)28-11-15-10-27-6-4-3-5-19(27)26-15/h3-8,10,12H,9,11H2,1-2H3,(H2,21,25)(H,22,23,24). The van der Waals surface area contributed by atoms with Crippen LogP contribution in [0.2, 0.25) is 0 Å². The van der Waals surface area contributed by atoms with Gasteiger partial charge in [-0.2, -0.15) is 0 Å². The molecule has 4 aromatic rings. The van der Waals surface area contributed by atoms with Crippen LogP contribution >= 0.6 is 0 Å². The summed E-state index contributed by atoms with van der Waals surface area (Å²) in [6.07, 6.45) is 5.37. The first-order chi connectivity index (χ1) is 13.6. The predicted octanol–water partition coefficient (Wildman–Crippen LogP) is 2.91. The Labute approximate surface area is 162 Å². The number of imidazole rings is 1. The smallest absolute Gasteiger partial charge is 0.218 e. The maximum Gasteiger partial charge on any atom is 0.218 e. The van der Waals surface area contributed by atoms with Gasteiger partial charge in [-0.1, -0.05) is 6.07 Å². The third-order valence-electron chi connectivity index (χ3n) is 4.44. The molecule has 0 fully saturated rings. The van der Waals surface area contributed by atoms with Crippen LogP contribution in [-0.2, 0) is 13.2 Å². The number of ether oxygens (including phenoxy) is 1. The van der Waals surface area contributed by atoms with Crippen molar-refractivity contribution in [3.63, 3.8) is 0 Å². The van der Waals surface area contributed by atoms with Gasteiger partial charge in [-0.3, -0.25) is 0 Å². The number of pyridine rings is 2. The summed E-state index contributed by atoms with van der Waals surface area (Å²) >= 11 is 0. The highest BCUT2D eigenvalue weighted by Crippen LogP contribution is 2.18. The van der Waals surface area contributed by atoms with Crippen LogP contribution in [0.5, 0.6) is 5.88 Å². The molecule has 0 amide bonds. The van der Waals surface area contributed by atoms with Gasteiger partial charge < -0.3 is 20.2 Å². The molecule has 28 heavy (non-hydrogen) atoms. The average molecular weight is 375 g/mol. The average Bonchev–Trinajstić information content (AvgIpc) is 3.09. The Morgan fingerprint density at radius 1 is 1.14 bits per heavy atom. The lowest BCUT2D eigenvalue weighted by Crippen LogP contribution is -2.08. The van der Waals surface area contributed by atoms with Gasteiger partial charge in [0.2, 0.25) is 5.88 Å². The van der Waals surface area contributed by atoms with Crippen molar-refractivity contribution >= 4 is 17.3 Å². The normalized spacial score (nSPS) is 10.9. The predicted molar refractivity (Wildman–Crippen MR) is 107 cm³/mol. The molecule has 0 saturated heterocycles. The maximum atomic E-state index is 5.79. The van der Waals surface area contributed by atoms with E-state index in [1.54, 1.807) is 6.07 Å². The lowest BCUT2D eigenvalue weighted by atomic mass is 10.1. The van der Waals surface area contributed by atoms with Gasteiger partial charge in [0.05, 0.1) is 5.69 Å². The number of hydrogen-bond donors (Lipinski definition) is 2. The van der Waals surface area contributed by atoms with Gasteiger partial charge in [-0.25, -0.2) is 19.9 Å². The molecule has 0 atom stereocenters. The highest BCUT2D eigenvalue weighted by molar-refractivity contribution is 5.44. The second-order valence-corrected chi connectivity index (χ2v) is 6.51. The molecule has 0 unspecified atom stereocenters. The van der Waals surface area contributed by atoms with Crippen molar-refractivity contribution in [3.05, 3.63) is 71.6 Å². The summed E-state index contributed by atoms with van der Waals surface area (Å²) in [5.74, 6) is 1.69. The van der Waals surface area contributed by atoms with Gasteiger partial charge in [0, 0.05) is 30.7 Å². The van der Waals surface area contributed by atoms with Crippen molar-refractivity contribution in [2.45, 2.75) is 27.0 Å². The molecule has 3 N–H and O–H groups in total. The molecule has 0 bridgehead atoms. The first kappa shape index (κ1) is 17.7. The molecule has 8 heteroatoms. The highest BCUT2D eigenvalue weighted by atomic mass is 16.5. The Bertz CT molecular complexity index is 1070. The first-order valence-corrected chi connectivity index (χ1v) is 8.92. The molecule has 0 spiro atoms. The van der Waals surface area contributed by atoms with E-state index < -0.39 is 0 Å². The summed E-state index contributed by atoms with van der Waals surface area (Å²) in [7, 11) is 0. The molecule has 0 aromatic carbocycles. The first-order valence-electron chi connectivity index (χ1n) is 8.92. The second kappa shape index (κ2) is 7.51. The number of nitrogen functional groups attached to an aromatic ring is 1. The monoisotopic (exact) mass is 375 g/mol. The summed E-state index contributed by atoms with van der Waals surface area (Å²) in [6, 6.07) is 9.50. The van der Waals surface area contributed by atoms with E-state index in [0.29, 0.717) is 30.7 Å². The minimum absolute atomic E-state index is 0.332. The molecule has 4 heterocycles. The number of fused-ring (bicyclic) bond motifs is 1. The fourth-order valence-corrected chi connectivity index (χ4v) is 3.05. The molecule has 0 radical (unpaired) electrons. The van der Waals surface area contributed by atoms with Gasteiger partial charge in [0.15, 0.2) is 0 Å². The fourth-order valence-electron chi connectivity index (χ4n) is 3.05. The number of nitrogens with one attached hydrogen (secondary N) is 1. The number of rotatable bonds is 6. The van der Waals surface area contributed by atoms with Crippen LogP contribution in [0.25, 0.3) is 5.65 Å². The van der Waals surface area contributed by atoms with Crippen LogP contribution in [0.1, 0.15) is 22.5 Å². The number of aryl methyl sites for hydroxylation is 2. The highest BCUT2D eigenvalue weighted by Gasteiger charge is 2.08. The molecule has 0 aliphatic carbocycles. The molecule has 4 rings (SSSR count). The molecular formula is C20H21N7O. The molecule has 0 saturated carbocycles. The van der Waals surface area contributed by atoms with Gasteiger partial charge in [0.25, 0.3) is 0 Å². The van der Waals surface area contributed by atoms with E-state index in [1.165, 1.54) is 6.33 Å². The third kappa shape index (κ3) is 3.85. The van der Waals surface area contributed by atoms with Gasteiger partial charge in [-0.05, 0) is 43.2 Å². The molecule has 142 valence electrons. The molecule has 8 nitrogen and oxygen atoms in total. The number of aromatic nitrogens is 5. The summed E-state index contributed by atoms with van der Waals surface area (Å²) in [5, 5.41) is 3.29. The Hall–Kier alpha value is -3.68. The number of nitrogens with zero attached hydrogens (tertiary/aromatic N) is 5. The quantitative estimate of drug-likeness (QED) is 0.534. The molecule has 0 aliphatic heterocycles. The van der Waals surface area contributed by atoms with E-state index in [-0.39, 0.29) is 0 Å². The van der Waals surface area contributed by atoms with Crippen LogP contribution < -0.4 is 15.8 Å². The molecule has 0 aliphatic rings. The third-order valence-corrected chi connectivity index (χ3v) is 4.44. The van der Waals surface area contributed by atoms with E-state index in [0.717, 1.165) is 28.2 Å². The van der Waals surface area contributed by atoms with Gasteiger partial charge in [0.1, 0.15) is 30.2 Å². The second-order valence-electron chi connectivity index (χ2n) is 6.51. The Morgan fingerprint density at radius 3 is 2.86 bits per heavy atom. The van der Waals surface area contributed by atoms with Crippen molar-refractivity contribution in [3.8, 4) is 5.88 Å². The number of nitrogens with two attached hydrogens (primary N) is 1. The Kier molecular flexibility index (Phi) is 4.76. The molecular weight excluding hydrogens is 354 g/mol. The van der Waals surface area contributed by atoms with E-state index in [9.17, 15) is 0 Å². The maximum absolute atomic E-state index is 5.79. The SMILES string of the molecule is Cc1cc(N)nc(C)c1CNc1cc(OCc2cn3ccccc3n2)ncn1. The lowest BCUT2D eigenvalue weighted by Gasteiger charge is -2.12. The van der Waals surface area contributed by atoms with E-state index in [4.69, 9.17) is 10.5 Å². The summed E-state index contributed by atoms with van der Waals surface area (Å²) in [5.41, 5.74) is 10.6. The zero-order valence-corrected chi connectivity index (χ0v) is 15.8. The Balaban J connectivity index is 1.41. The van der Waals surface area contributed by atoms with Crippen molar-refractivity contribution in [1.82, 2.24) is 24.3 Å². The van der Waals surface area contributed by atoms with E-state index in [2.05, 4.69) is 25.3 Å². The van der Waals surface area contributed by atoms with Crippen molar-refractivity contribution < 1.29 is 4.74 Å². The zero-order chi connectivity index (χ0) is 19.5. The van der Waals surface area contributed by atoms with Crippen LogP contribution in [0.4, 0.5) is 11.6 Å². The topological polar surface area (TPSA) is 103 Å². The zero-order valence-electron chi connectivity index (χ0n) is 15.8. The fraction of sp³-hybridized carbons (Fsp3) is 0.200. The lowest BCUT2D eigenvalue weighted by molar-refractivity contribution is 0.289. The van der Waals surface area contributed by atoms with Crippen molar-refractivity contribution in [2.24, 2.45) is 0 Å². The van der Waals surface area contributed by atoms with Crippen molar-refractivity contribution in [1.29, 1.82) is 0 Å². The minimum atomic E-state index is 0.332. The van der Waals surface area contributed by atoms with Crippen LogP contribution in [-0.4, -0.2) is 24.3 Å². The van der Waals surface area contributed by atoms with Crippen LogP contribution in [0, 0.1) is 13.8 Å². The summed E-state index contributed by atoms with van der Waals surface area (Å²) < 4.78 is 7.74. The summed E-state index contributed by atoms with van der Waals surface area (Å²) in [4.78, 5) is 17.3. The number of anilines is 2. The molecule has 4 aromatic heterocycles. The van der Waals surface area contributed by atoms with Gasteiger partial charge >= 0.3 is 0 Å². The van der Waals surface area contributed by atoms with Crippen molar-refractivity contribution in [2.75, 3.05) is 11.1 Å². The largest absolute Gasteiger partial charge is 0.471 e. The summed E-state index contributed by atoms with van der Waals surface area (Å²) in [6.45, 7) is 4.89. The van der Waals surface area contributed by atoms with Gasteiger partial charge in [-0.15, -0.1) is 0 Å².